The fourth-order valence-electron chi connectivity index (χ4n) is 2.99. The molecule has 0 saturated heterocycles. The second kappa shape index (κ2) is 6.72. The van der Waals surface area contributed by atoms with Crippen LogP contribution < -0.4 is 11.1 Å². The lowest BCUT2D eigenvalue weighted by Crippen LogP contribution is -2.27. The summed E-state index contributed by atoms with van der Waals surface area (Å²) >= 11 is 0. The molecule has 0 aliphatic heterocycles. The third-order valence-corrected chi connectivity index (χ3v) is 4.34. The summed E-state index contributed by atoms with van der Waals surface area (Å²) in [6.45, 7) is 0.129. The number of primary amides is 1. The first-order valence-corrected chi connectivity index (χ1v) is 8.47. The zero-order chi connectivity index (χ0) is 19.8. The standard InChI is InChI=1S/C18H16FN7O2/c1-26-13-6-9(19)2-3-10(13)15(25-26)12-8-23-17-16(24-12)11(7-22-17)18(28)21-5-4-14(20)27/h2-3,6-8H,4-5H2,1H3,(H2,20,27)(H,21,28)(H,22,23). The number of carbonyl (C=O) groups excluding carboxylic acids is 2. The second-order valence-corrected chi connectivity index (χ2v) is 6.26. The maximum Gasteiger partial charge on any atom is 0.255 e. The molecule has 1 aromatic carbocycles. The average Bonchev–Trinajstić information content (AvgIpc) is 3.22. The Balaban J connectivity index is 1.74. The number of carbonyl (C=O) groups is 2. The van der Waals surface area contributed by atoms with Crippen LogP contribution in [-0.2, 0) is 11.8 Å². The van der Waals surface area contributed by atoms with Gasteiger partial charge in [-0.15, -0.1) is 0 Å². The Kier molecular flexibility index (Phi) is 4.22. The summed E-state index contributed by atoms with van der Waals surface area (Å²) < 4.78 is 15.1. The molecule has 4 aromatic rings. The van der Waals surface area contributed by atoms with Crippen LogP contribution in [0.5, 0.6) is 0 Å². The molecule has 0 spiro atoms. The number of aromatic amines is 1. The molecule has 0 bridgehead atoms. The Labute approximate surface area is 157 Å². The second-order valence-electron chi connectivity index (χ2n) is 6.26. The van der Waals surface area contributed by atoms with Crippen molar-refractivity contribution in [2.24, 2.45) is 12.8 Å². The van der Waals surface area contributed by atoms with E-state index in [1.165, 1.54) is 18.3 Å². The summed E-state index contributed by atoms with van der Waals surface area (Å²) in [6.07, 6.45) is 3.08. The van der Waals surface area contributed by atoms with Gasteiger partial charge < -0.3 is 16.0 Å². The van der Waals surface area contributed by atoms with E-state index in [2.05, 4.69) is 25.4 Å². The van der Waals surface area contributed by atoms with Crippen LogP contribution in [0.1, 0.15) is 16.8 Å². The van der Waals surface area contributed by atoms with Crippen LogP contribution in [0, 0.1) is 5.82 Å². The van der Waals surface area contributed by atoms with Crippen LogP contribution in [-0.4, -0.2) is 43.1 Å². The molecule has 4 N–H and O–H groups in total. The van der Waals surface area contributed by atoms with E-state index < -0.39 is 11.8 Å². The molecule has 10 heteroatoms. The normalized spacial score (nSPS) is 11.2. The smallest absolute Gasteiger partial charge is 0.255 e. The van der Waals surface area contributed by atoms with Crippen molar-refractivity contribution in [1.82, 2.24) is 30.0 Å². The van der Waals surface area contributed by atoms with Crippen molar-refractivity contribution in [2.45, 2.75) is 6.42 Å². The number of aromatic nitrogens is 5. The highest BCUT2D eigenvalue weighted by molar-refractivity contribution is 6.05. The maximum absolute atomic E-state index is 13.5. The zero-order valence-electron chi connectivity index (χ0n) is 14.9. The Morgan fingerprint density at radius 3 is 2.96 bits per heavy atom. The quantitative estimate of drug-likeness (QED) is 0.479. The van der Waals surface area contributed by atoms with Crippen molar-refractivity contribution in [1.29, 1.82) is 0 Å². The number of H-pyrrole nitrogens is 1. The summed E-state index contributed by atoms with van der Waals surface area (Å²) in [5, 5.41) is 7.76. The topological polar surface area (TPSA) is 132 Å². The lowest BCUT2D eigenvalue weighted by Gasteiger charge is -2.03. The van der Waals surface area contributed by atoms with Crippen molar-refractivity contribution < 1.29 is 14.0 Å². The molecular formula is C18H16FN7O2. The van der Waals surface area contributed by atoms with E-state index in [1.54, 1.807) is 24.0 Å². The van der Waals surface area contributed by atoms with Gasteiger partial charge in [0, 0.05) is 31.6 Å². The van der Waals surface area contributed by atoms with Crippen LogP contribution in [0.2, 0.25) is 0 Å². The zero-order valence-corrected chi connectivity index (χ0v) is 14.9. The lowest BCUT2D eigenvalue weighted by atomic mass is 10.1. The summed E-state index contributed by atoms with van der Waals surface area (Å²) in [5.41, 5.74) is 7.79. The Morgan fingerprint density at radius 2 is 2.18 bits per heavy atom. The molecule has 0 fully saturated rings. The van der Waals surface area contributed by atoms with Gasteiger partial charge in [0.1, 0.15) is 22.7 Å². The first kappa shape index (κ1) is 17.6. The number of hydrogen-bond acceptors (Lipinski definition) is 5. The first-order chi connectivity index (χ1) is 13.4. The van der Waals surface area contributed by atoms with Gasteiger partial charge in [-0.2, -0.15) is 5.10 Å². The van der Waals surface area contributed by atoms with Gasteiger partial charge in [-0.05, 0) is 18.2 Å². The third kappa shape index (κ3) is 3.04. The van der Waals surface area contributed by atoms with Gasteiger partial charge in [-0.1, -0.05) is 0 Å². The summed E-state index contributed by atoms with van der Waals surface area (Å²) in [4.78, 5) is 35.0. The van der Waals surface area contributed by atoms with Gasteiger partial charge in [-0.3, -0.25) is 14.3 Å². The maximum atomic E-state index is 13.5. The Morgan fingerprint density at radius 1 is 1.36 bits per heavy atom. The molecule has 9 nitrogen and oxygen atoms in total. The predicted molar refractivity (Wildman–Crippen MR) is 99.7 cm³/mol. The fourth-order valence-corrected chi connectivity index (χ4v) is 2.99. The van der Waals surface area contributed by atoms with Crippen molar-refractivity contribution in [3.05, 3.63) is 42.0 Å². The highest BCUT2D eigenvalue weighted by Gasteiger charge is 2.18. The van der Waals surface area contributed by atoms with Gasteiger partial charge in [0.25, 0.3) is 5.91 Å². The predicted octanol–water partition coefficient (Wildman–Crippen LogP) is 1.26. The number of nitrogens with zero attached hydrogens (tertiary/aromatic N) is 4. The number of hydrogen-bond donors (Lipinski definition) is 3. The van der Waals surface area contributed by atoms with Crippen LogP contribution in [0.15, 0.2) is 30.6 Å². The monoisotopic (exact) mass is 381 g/mol. The van der Waals surface area contributed by atoms with E-state index >= 15 is 0 Å². The van der Waals surface area contributed by atoms with Crippen molar-refractivity contribution >= 4 is 33.9 Å². The number of benzene rings is 1. The van der Waals surface area contributed by atoms with Gasteiger partial charge in [0.05, 0.1) is 17.3 Å². The summed E-state index contributed by atoms with van der Waals surface area (Å²) in [7, 11) is 1.71. The van der Waals surface area contributed by atoms with Crippen LogP contribution in [0.4, 0.5) is 4.39 Å². The van der Waals surface area contributed by atoms with Gasteiger partial charge in [0.2, 0.25) is 5.91 Å². The highest BCUT2D eigenvalue weighted by atomic mass is 19.1. The lowest BCUT2D eigenvalue weighted by molar-refractivity contribution is -0.117. The largest absolute Gasteiger partial charge is 0.370 e. The number of aryl methyl sites for hydroxylation is 1. The van der Waals surface area contributed by atoms with E-state index in [0.717, 1.165) is 5.39 Å². The van der Waals surface area contributed by atoms with E-state index in [4.69, 9.17) is 5.73 Å². The minimum Gasteiger partial charge on any atom is -0.370 e. The third-order valence-electron chi connectivity index (χ3n) is 4.34. The minimum atomic E-state index is -0.500. The summed E-state index contributed by atoms with van der Waals surface area (Å²) in [5.74, 6) is -1.25. The van der Waals surface area contributed by atoms with Gasteiger partial charge in [0.15, 0.2) is 5.65 Å². The van der Waals surface area contributed by atoms with E-state index in [-0.39, 0.29) is 18.8 Å². The number of nitrogens with two attached hydrogens (primary N) is 1. The molecule has 142 valence electrons. The fraction of sp³-hybridized carbons (Fsp3) is 0.167. The van der Waals surface area contributed by atoms with E-state index in [9.17, 15) is 14.0 Å². The number of fused-ring (bicyclic) bond motifs is 2. The minimum absolute atomic E-state index is 0.0432. The Bertz CT molecular complexity index is 1230. The molecule has 4 rings (SSSR count). The van der Waals surface area contributed by atoms with Gasteiger partial charge >= 0.3 is 0 Å². The molecule has 0 aliphatic carbocycles. The number of amides is 2. The molecule has 0 saturated carbocycles. The van der Waals surface area contributed by atoms with Crippen LogP contribution >= 0.6 is 0 Å². The van der Waals surface area contributed by atoms with Crippen molar-refractivity contribution in [3.63, 3.8) is 0 Å². The molecule has 2 amide bonds. The van der Waals surface area contributed by atoms with E-state index in [0.29, 0.717) is 33.6 Å². The van der Waals surface area contributed by atoms with Crippen molar-refractivity contribution in [2.75, 3.05) is 6.54 Å². The number of nitrogens with one attached hydrogen (secondary N) is 2. The SMILES string of the molecule is Cn1nc(-c2cnc3[nH]cc(C(=O)NCCC(N)=O)c3n2)c2ccc(F)cc21. The number of halogens is 1. The Hall–Kier alpha value is -3.82. The number of rotatable bonds is 5. The molecule has 3 aromatic heterocycles. The summed E-state index contributed by atoms with van der Waals surface area (Å²) in [6, 6.07) is 4.38. The molecular weight excluding hydrogens is 365 g/mol. The molecule has 3 heterocycles. The molecule has 0 unspecified atom stereocenters. The highest BCUT2D eigenvalue weighted by Crippen LogP contribution is 2.28. The van der Waals surface area contributed by atoms with Crippen LogP contribution in [0.3, 0.4) is 0 Å². The van der Waals surface area contributed by atoms with Crippen LogP contribution in [0.25, 0.3) is 33.5 Å². The van der Waals surface area contributed by atoms with Crippen molar-refractivity contribution in [3.8, 4) is 11.4 Å². The average molecular weight is 381 g/mol. The molecule has 0 aliphatic rings. The molecule has 0 radical (unpaired) electrons. The molecule has 28 heavy (non-hydrogen) atoms. The molecule has 0 atom stereocenters. The first-order valence-electron chi connectivity index (χ1n) is 8.47. The van der Waals surface area contributed by atoms with Gasteiger partial charge in [-0.25, -0.2) is 14.4 Å². The van der Waals surface area contributed by atoms with E-state index in [1.807, 2.05) is 0 Å².